The SMILES string of the molecule is CC1CCc2c(sc(NC(=O)C3(C)CC(=O)N=C4C=CC=CN43)c2C(N)=O)C1. The van der Waals surface area contributed by atoms with Gasteiger partial charge in [-0.1, -0.05) is 13.0 Å². The van der Waals surface area contributed by atoms with Gasteiger partial charge in [0.25, 0.3) is 17.7 Å². The average molecular weight is 398 g/mol. The van der Waals surface area contributed by atoms with E-state index >= 15 is 0 Å². The Morgan fingerprint density at radius 1 is 1.39 bits per heavy atom. The molecule has 3 heterocycles. The number of anilines is 1. The minimum absolute atomic E-state index is 0.0471. The van der Waals surface area contributed by atoms with Crippen molar-refractivity contribution in [2.75, 3.05) is 5.32 Å². The number of amidine groups is 1. The highest BCUT2D eigenvalue weighted by Gasteiger charge is 2.45. The van der Waals surface area contributed by atoms with Gasteiger partial charge in [0, 0.05) is 11.1 Å². The van der Waals surface area contributed by atoms with Gasteiger partial charge in [-0.25, -0.2) is 0 Å². The van der Waals surface area contributed by atoms with Crippen molar-refractivity contribution in [2.45, 2.75) is 45.1 Å². The fraction of sp³-hybridized carbons (Fsp3) is 0.400. The van der Waals surface area contributed by atoms with E-state index in [0.29, 0.717) is 22.3 Å². The zero-order valence-electron chi connectivity index (χ0n) is 15.8. The Hall–Kier alpha value is -2.74. The summed E-state index contributed by atoms with van der Waals surface area (Å²) in [6, 6.07) is 0. The molecule has 2 atom stereocenters. The van der Waals surface area contributed by atoms with Crippen molar-refractivity contribution in [2.24, 2.45) is 16.6 Å². The van der Waals surface area contributed by atoms with E-state index in [1.165, 1.54) is 11.3 Å². The van der Waals surface area contributed by atoms with E-state index in [1.54, 1.807) is 36.3 Å². The Kier molecular flexibility index (Phi) is 4.45. The van der Waals surface area contributed by atoms with Crippen LogP contribution in [0.15, 0.2) is 29.4 Å². The molecule has 3 N–H and O–H groups in total. The van der Waals surface area contributed by atoms with Gasteiger partial charge in [0.2, 0.25) is 0 Å². The highest BCUT2D eigenvalue weighted by atomic mass is 32.1. The number of aliphatic imine (C=N–C) groups is 1. The number of hydrogen-bond donors (Lipinski definition) is 2. The van der Waals surface area contributed by atoms with Gasteiger partial charge >= 0.3 is 0 Å². The number of carbonyl (C=O) groups excluding carboxylic acids is 3. The molecule has 146 valence electrons. The highest BCUT2D eigenvalue weighted by Crippen LogP contribution is 2.40. The maximum Gasteiger partial charge on any atom is 0.251 e. The monoisotopic (exact) mass is 398 g/mol. The third-order valence-electron chi connectivity index (χ3n) is 5.58. The van der Waals surface area contributed by atoms with Crippen molar-refractivity contribution in [3.8, 4) is 0 Å². The molecule has 0 bridgehead atoms. The smallest absolute Gasteiger partial charge is 0.251 e. The Morgan fingerprint density at radius 3 is 2.93 bits per heavy atom. The standard InChI is InChI=1S/C20H22N4O3S/c1-11-6-7-12-13(9-11)28-18(16(12)17(21)26)23-19(27)20(2)10-15(25)22-14-5-3-4-8-24(14)20/h3-5,8,11H,6-7,9-10H2,1-2H3,(H2,21,26)(H,23,27). The number of thiophene rings is 1. The summed E-state index contributed by atoms with van der Waals surface area (Å²) in [5, 5.41) is 3.38. The Morgan fingerprint density at radius 2 is 2.18 bits per heavy atom. The van der Waals surface area contributed by atoms with E-state index in [0.717, 1.165) is 29.7 Å². The fourth-order valence-corrected chi connectivity index (χ4v) is 5.43. The van der Waals surface area contributed by atoms with Gasteiger partial charge in [-0.3, -0.25) is 14.4 Å². The second-order valence-corrected chi connectivity index (χ2v) is 8.86. The number of rotatable bonds is 3. The summed E-state index contributed by atoms with van der Waals surface area (Å²) < 4.78 is 0. The van der Waals surface area contributed by atoms with Crippen molar-refractivity contribution in [3.05, 3.63) is 40.4 Å². The summed E-state index contributed by atoms with van der Waals surface area (Å²) in [5.41, 5.74) is 5.88. The van der Waals surface area contributed by atoms with Gasteiger partial charge < -0.3 is 16.0 Å². The number of fused-ring (bicyclic) bond motifs is 2. The quantitative estimate of drug-likeness (QED) is 0.815. The van der Waals surface area contributed by atoms with Crippen molar-refractivity contribution >= 4 is 39.9 Å². The molecule has 1 aromatic rings. The summed E-state index contributed by atoms with van der Waals surface area (Å²) in [6.45, 7) is 3.88. The van der Waals surface area contributed by atoms with E-state index in [1.807, 2.05) is 0 Å². The molecule has 0 radical (unpaired) electrons. The van der Waals surface area contributed by atoms with Crippen LogP contribution in [0.4, 0.5) is 5.00 Å². The summed E-state index contributed by atoms with van der Waals surface area (Å²) >= 11 is 1.42. The van der Waals surface area contributed by atoms with E-state index in [2.05, 4.69) is 17.2 Å². The zero-order chi connectivity index (χ0) is 20.1. The van der Waals surface area contributed by atoms with Crippen molar-refractivity contribution in [1.82, 2.24) is 4.90 Å². The number of allylic oxidation sites excluding steroid dienone is 2. The van der Waals surface area contributed by atoms with Crippen LogP contribution < -0.4 is 11.1 Å². The van der Waals surface area contributed by atoms with Gasteiger partial charge in [0.1, 0.15) is 16.4 Å². The largest absolute Gasteiger partial charge is 0.365 e. The second-order valence-electron chi connectivity index (χ2n) is 7.76. The lowest BCUT2D eigenvalue weighted by Gasteiger charge is -2.41. The summed E-state index contributed by atoms with van der Waals surface area (Å²) in [7, 11) is 0. The molecule has 1 aromatic heterocycles. The summed E-state index contributed by atoms with van der Waals surface area (Å²) in [6.07, 6.45) is 9.61. The molecule has 2 aliphatic heterocycles. The van der Waals surface area contributed by atoms with Gasteiger partial charge in [-0.15, -0.1) is 11.3 Å². The van der Waals surface area contributed by atoms with E-state index in [4.69, 9.17) is 5.73 Å². The van der Waals surface area contributed by atoms with E-state index < -0.39 is 11.4 Å². The van der Waals surface area contributed by atoms with E-state index in [9.17, 15) is 14.4 Å². The molecule has 8 heteroatoms. The minimum Gasteiger partial charge on any atom is -0.365 e. The summed E-state index contributed by atoms with van der Waals surface area (Å²) in [4.78, 5) is 44.4. The van der Waals surface area contributed by atoms with Crippen molar-refractivity contribution < 1.29 is 14.4 Å². The van der Waals surface area contributed by atoms with Crippen LogP contribution >= 0.6 is 11.3 Å². The van der Waals surface area contributed by atoms with Crippen LogP contribution in [0.2, 0.25) is 0 Å². The molecule has 7 nitrogen and oxygen atoms in total. The Balaban J connectivity index is 1.68. The van der Waals surface area contributed by atoms with Crippen LogP contribution in [0, 0.1) is 5.92 Å². The molecule has 3 amide bonds. The van der Waals surface area contributed by atoms with Gasteiger partial charge in [-0.2, -0.15) is 4.99 Å². The van der Waals surface area contributed by atoms with Crippen LogP contribution in [0.1, 0.15) is 47.5 Å². The molecule has 28 heavy (non-hydrogen) atoms. The second kappa shape index (κ2) is 6.70. The van der Waals surface area contributed by atoms with Crippen LogP contribution in [-0.4, -0.2) is 34.0 Å². The van der Waals surface area contributed by atoms with Gasteiger partial charge in [-0.05, 0) is 49.8 Å². The number of hydrogen-bond acceptors (Lipinski definition) is 5. The van der Waals surface area contributed by atoms with Crippen molar-refractivity contribution in [1.29, 1.82) is 0 Å². The topological polar surface area (TPSA) is 105 Å². The first-order chi connectivity index (χ1) is 13.3. The number of carbonyl (C=O) groups is 3. The molecule has 0 saturated heterocycles. The number of nitrogens with zero attached hydrogens (tertiary/aromatic N) is 2. The molecule has 2 unspecified atom stereocenters. The third-order valence-corrected chi connectivity index (χ3v) is 6.75. The number of amides is 3. The normalized spacial score (nSPS) is 25.8. The predicted octanol–water partition coefficient (Wildman–Crippen LogP) is 2.38. The molecule has 0 saturated carbocycles. The highest BCUT2D eigenvalue weighted by molar-refractivity contribution is 7.17. The average Bonchev–Trinajstić information content (AvgIpc) is 2.98. The molecule has 3 aliphatic rings. The van der Waals surface area contributed by atoms with Crippen LogP contribution in [-0.2, 0) is 22.4 Å². The maximum absolute atomic E-state index is 13.3. The minimum atomic E-state index is -1.14. The molecular weight excluding hydrogens is 376 g/mol. The first-order valence-electron chi connectivity index (χ1n) is 9.31. The first-order valence-corrected chi connectivity index (χ1v) is 10.1. The number of primary amides is 1. The van der Waals surface area contributed by atoms with Gasteiger partial charge in [0.05, 0.1) is 12.0 Å². The predicted molar refractivity (Wildman–Crippen MR) is 108 cm³/mol. The lowest BCUT2D eigenvalue weighted by Crippen LogP contribution is -2.58. The van der Waals surface area contributed by atoms with Crippen LogP contribution in [0.5, 0.6) is 0 Å². The molecule has 1 aliphatic carbocycles. The maximum atomic E-state index is 13.3. The molecule has 0 spiro atoms. The Bertz CT molecular complexity index is 974. The summed E-state index contributed by atoms with van der Waals surface area (Å²) in [5.74, 6) is -0.269. The number of nitrogens with one attached hydrogen (secondary N) is 1. The molecule has 0 fully saturated rings. The zero-order valence-corrected chi connectivity index (χ0v) is 16.6. The Labute approximate surface area is 167 Å². The molecule has 0 aromatic carbocycles. The molecular formula is C20H22N4O3S. The first kappa shape index (κ1) is 18.6. The lowest BCUT2D eigenvalue weighted by molar-refractivity contribution is -0.130. The van der Waals surface area contributed by atoms with Crippen LogP contribution in [0.3, 0.4) is 0 Å². The third kappa shape index (κ3) is 2.97. The van der Waals surface area contributed by atoms with Gasteiger partial charge in [0.15, 0.2) is 0 Å². The fourth-order valence-electron chi connectivity index (χ4n) is 4.02. The molecule has 4 rings (SSSR count). The number of nitrogens with two attached hydrogens (primary N) is 1. The van der Waals surface area contributed by atoms with E-state index in [-0.39, 0.29) is 18.2 Å². The van der Waals surface area contributed by atoms with Crippen LogP contribution in [0.25, 0.3) is 0 Å². The van der Waals surface area contributed by atoms with Crippen molar-refractivity contribution in [3.63, 3.8) is 0 Å². The lowest BCUT2D eigenvalue weighted by atomic mass is 9.88.